The maximum Gasteiger partial charge on any atom is 0.261 e. The molecule has 2 unspecified atom stereocenters. The van der Waals surface area contributed by atoms with Crippen LogP contribution in [0, 0.1) is 17.7 Å². The Bertz CT molecular complexity index is 988. The highest BCUT2D eigenvalue weighted by Gasteiger charge is 2.33. The first-order chi connectivity index (χ1) is 16.2. The van der Waals surface area contributed by atoms with Gasteiger partial charge >= 0.3 is 0 Å². The van der Waals surface area contributed by atoms with Gasteiger partial charge in [0.1, 0.15) is 11.6 Å². The fourth-order valence-electron chi connectivity index (χ4n) is 4.31. The highest BCUT2D eigenvalue weighted by atomic mass is 19.1. The summed E-state index contributed by atoms with van der Waals surface area (Å²) in [6.07, 6.45) is 1.14. The molecular formula is C28H37FN2O3. The second-order valence-electron chi connectivity index (χ2n) is 9.90. The van der Waals surface area contributed by atoms with E-state index >= 15 is 0 Å². The molecule has 1 heterocycles. The molecule has 6 heteroatoms. The lowest BCUT2D eigenvalue weighted by molar-refractivity contribution is -0.134. The van der Waals surface area contributed by atoms with Crippen molar-refractivity contribution in [1.82, 2.24) is 10.2 Å². The molecule has 2 amide bonds. The molecular weight excluding hydrogens is 431 g/mol. The molecule has 0 aromatic heterocycles. The summed E-state index contributed by atoms with van der Waals surface area (Å²) >= 11 is 0. The zero-order valence-electron chi connectivity index (χ0n) is 20.9. The van der Waals surface area contributed by atoms with Crippen molar-refractivity contribution in [3.63, 3.8) is 0 Å². The molecule has 184 valence electrons. The van der Waals surface area contributed by atoms with Crippen molar-refractivity contribution in [2.24, 2.45) is 11.8 Å². The smallest absolute Gasteiger partial charge is 0.261 e. The Hall–Kier alpha value is -2.89. The average molecular weight is 469 g/mol. The van der Waals surface area contributed by atoms with Gasteiger partial charge in [0.25, 0.3) is 5.91 Å². The van der Waals surface area contributed by atoms with Gasteiger partial charge in [-0.25, -0.2) is 4.39 Å². The van der Waals surface area contributed by atoms with Crippen molar-refractivity contribution < 1.29 is 18.7 Å². The molecule has 0 bridgehead atoms. The van der Waals surface area contributed by atoms with E-state index in [1.807, 2.05) is 57.7 Å². The number of rotatable bonds is 9. The molecule has 0 saturated carbocycles. The molecule has 1 aliphatic heterocycles. The van der Waals surface area contributed by atoms with Crippen molar-refractivity contribution >= 4 is 11.8 Å². The molecule has 0 spiro atoms. The summed E-state index contributed by atoms with van der Waals surface area (Å²) in [6, 6.07) is 11.9. The Balaban J connectivity index is 1.94. The van der Waals surface area contributed by atoms with Crippen LogP contribution in [0.15, 0.2) is 42.5 Å². The van der Waals surface area contributed by atoms with Gasteiger partial charge in [0, 0.05) is 19.5 Å². The van der Waals surface area contributed by atoms with Gasteiger partial charge in [-0.2, -0.15) is 0 Å². The van der Waals surface area contributed by atoms with Crippen molar-refractivity contribution in [2.45, 2.75) is 66.0 Å². The maximum absolute atomic E-state index is 13.7. The van der Waals surface area contributed by atoms with Crippen molar-refractivity contribution in [3.8, 4) is 5.75 Å². The third-order valence-corrected chi connectivity index (χ3v) is 6.06. The van der Waals surface area contributed by atoms with E-state index in [0.717, 1.165) is 23.1 Å². The van der Waals surface area contributed by atoms with E-state index in [1.165, 1.54) is 12.1 Å². The van der Waals surface area contributed by atoms with Gasteiger partial charge in [-0.05, 0) is 65.6 Å². The third-order valence-electron chi connectivity index (χ3n) is 6.06. The SMILES string of the molecule is CCC(Oc1ccc2c(c1)C(c1ccc(F)cc1)N(C(=O)CC(C)C)CC2)C(=O)NCC(C)C. The topological polar surface area (TPSA) is 58.6 Å². The summed E-state index contributed by atoms with van der Waals surface area (Å²) < 4.78 is 19.8. The van der Waals surface area contributed by atoms with Crippen molar-refractivity contribution in [2.75, 3.05) is 13.1 Å². The van der Waals surface area contributed by atoms with E-state index in [1.54, 1.807) is 12.1 Å². The van der Waals surface area contributed by atoms with Crippen LogP contribution >= 0.6 is 0 Å². The van der Waals surface area contributed by atoms with Gasteiger partial charge in [0.15, 0.2) is 6.10 Å². The molecule has 3 rings (SSSR count). The Morgan fingerprint density at radius 2 is 1.79 bits per heavy atom. The first-order valence-corrected chi connectivity index (χ1v) is 12.3. The zero-order valence-corrected chi connectivity index (χ0v) is 20.9. The number of halogens is 1. The van der Waals surface area contributed by atoms with E-state index < -0.39 is 6.10 Å². The van der Waals surface area contributed by atoms with Crippen LogP contribution in [-0.2, 0) is 16.0 Å². The molecule has 0 aliphatic carbocycles. The maximum atomic E-state index is 13.7. The molecule has 0 radical (unpaired) electrons. The van der Waals surface area contributed by atoms with Crippen LogP contribution in [0.4, 0.5) is 4.39 Å². The Morgan fingerprint density at radius 3 is 2.41 bits per heavy atom. The standard InChI is InChI=1S/C28H37FN2O3/c1-6-25(28(33)30-17-19(4)5)34-23-12-9-20-13-14-31(26(32)15-18(2)3)27(24(20)16-23)21-7-10-22(29)11-8-21/h7-12,16,18-19,25,27H,6,13-15,17H2,1-5H3,(H,30,33). The fourth-order valence-corrected chi connectivity index (χ4v) is 4.31. The number of hydrogen-bond donors (Lipinski definition) is 1. The van der Waals surface area contributed by atoms with Crippen LogP contribution in [-0.4, -0.2) is 35.9 Å². The average Bonchev–Trinajstić information content (AvgIpc) is 2.80. The van der Waals surface area contributed by atoms with Crippen LogP contribution in [0.25, 0.3) is 0 Å². The van der Waals surface area contributed by atoms with Crippen molar-refractivity contribution in [3.05, 3.63) is 65.0 Å². The second-order valence-corrected chi connectivity index (χ2v) is 9.90. The van der Waals surface area contributed by atoms with Crippen LogP contribution in [0.3, 0.4) is 0 Å². The number of benzene rings is 2. The lowest BCUT2D eigenvalue weighted by atomic mass is 9.87. The van der Waals surface area contributed by atoms with E-state index in [-0.39, 0.29) is 29.6 Å². The molecule has 0 fully saturated rings. The van der Waals surface area contributed by atoms with E-state index in [2.05, 4.69) is 5.32 Å². The molecule has 34 heavy (non-hydrogen) atoms. The molecule has 2 aromatic carbocycles. The molecule has 2 aromatic rings. The Morgan fingerprint density at radius 1 is 1.09 bits per heavy atom. The number of ether oxygens (including phenoxy) is 1. The first-order valence-electron chi connectivity index (χ1n) is 12.3. The monoisotopic (exact) mass is 468 g/mol. The van der Waals surface area contributed by atoms with Crippen molar-refractivity contribution in [1.29, 1.82) is 0 Å². The fraction of sp³-hybridized carbons (Fsp3) is 0.500. The molecule has 5 nitrogen and oxygen atoms in total. The van der Waals surface area contributed by atoms with E-state index in [4.69, 9.17) is 4.74 Å². The molecule has 2 atom stereocenters. The number of amides is 2. The number of nitrogens with one attached hydrogen (secondary N) is 1. The van der Waals surface area contributed by atoms with Gasteiger partial charge in [0.2, 0.25) is 5.91 Å². The zero-order chi connectivity index (χ0) is 24.8. The number of carbonyl (C=O) groups is 2. The molecule has 0 saturated heterocycles. The number of hydrogen-bond acceptors (Lipinski definition) is 3. The number of fused-ring (bicyclic) bond motifs is 1. The highest BCUT2D eigenvalue weighted by molar-refractivity contribution is 5.81. The quantitative estimate of drug-likeness (QED) is 0.545. The van der Waals surface area contributed by atoms with Crippen LogP contribution in [0.5, 0.6) is 5.75 Å². The molecule has 1 aliphatic rings. The van der Waals surface area contributed by atoms with Gasteiger partial charge in [-0.3, -0.25) is 9.59 Å². The summed E-state index contributed by atoms with van der Waals surface area (Å²) in [5, 5.41) is 2.94. The predicted octanol–water partition coefficient (Wildman–Crippen LogP) is 5.28. The molecule has 1 N–H and O–H groups in total. The largest absolute Gasteiger partial charge is 0.481 e. The first kappa shape index (κ1) is 25.7. The number of nitrogens with zero attached hydrogens (tertiary/aromatic N) is 1. The Kier molecular flexibility index (Phi) is 8.70. The summed E-state index contributed by atoms with van der Waals surface area (Å²) in [5.41, 5.74) is 2.95. The van der Waals surface area contributed by atoms with Crippen LogP contribution in [0.1, 0.15) is 70.2 Å². The summed E-state index contributed by atoms with van der Waals surface area (Å²) in [6.45, 7) is 11.3. The minimum absolute atomic E-state index is 0.0841. The third kappa shape index (κ3) is 6.37. The highest BCUT2D eigenvalue weighted by Crippen LogP contribution is 2.38. The normalized spacial score (nSPS) is 16.4. The number of carbonyl (C=O) groups excluding carboxylic acids is 2. The summed E-state index contributed by atoms with van der Waals surface area (Å²) in [5.74, 6) is 0.840. The van der Waals surface area contributed by atoms with Gasteiger partial charge in [0.05, 0.1) is 6.04 Å². The van der Waals surface area contributed by atoms with Gasteiger partial charge in [-0.15, -0.1) is 0 Å². The lowest BCUT2D eigenvalue weighted by Gasteiger charge is -2.38. The van der Waals surface area contributed by atoms with E-state index in [9.17, 15) is 14.0 Å². The van der Waals surface area contributed by atoms with Crippen LogP contribution < -0.4 is 10.1 Å². The summed E-state index contributed by atoms with van der Waals surface area (Å²) in [4.78, 5) is 27.7. The summed E-state index contributed by atoms with van der Waals surface area (Å²) in [7, 11) is 0. The minimum atomic E-state index is -0.594. The van der Waals surface area contributed by atoms with E-state index in [0.29, 0.717) is 37.6 Å². The van der Waals surface area contributed by atoms with Crippen LogP contribution in [0.2, 0.25) is 0 Å². The lowest BCUT2D eigenvalue weighted by Crippen LogP contribution is -2.41. The predicted molar refractivity (Wildman–Crippen MR) is 132 cm³/mol. The van der Waals surface area contributed by atoms with Gasteiger partial charge < -0.3 is 15.0 Å². The Labute approximate surface area is 202 Å². The minimum Gasteiger partial charge on any atom is -0.481 e. The van der Waals surface area contributed by atoms with Gasteiger partial charge in [-0.1, -0.05) is 52.8 Å². The second kappa shape index (κ2) is 11.5.